The first-order valence-electron chi connectivity index (χ1n) is 9.18. The second-order valence-electron chi connectivity index (χ2n) is 9.07. The Hall–Kier alpha value is -0.570. The molecule has 6 fully saturated rings. The molecule has 5 saturated carbocycles. The molecule has 1 amide bonds. The van der Waals surface area contributed by atoms with Gasteiger partial charge in [0.1, 0.15) is 0 Å². The summed E-state index contributed by atoms with van der Waals surface area (Å²) in [6, 6.07) is 0.351. The van der Waals surface area contributed by atoms with Crippen LogP contribution in [-0.4, -0.2) is 29.9 Å². The molecule has 3 nitrogen and oxygen atoms in total. The summed E-state index contributed by atoms with van der Waals surface area (Å²) in [7, 11) is 0. The van der Waals surface area contributed by atoms with Crippen LogP contribution >= 0.6 is 0 Å². The van der Waals surface area contributed by atoms with Gasteiger partial charge in [-0.15, -0.1) is 0 Å². The van der Waals surface area contributed by atoms with Gasteiger partial charge in [-0.3, -0.25) is 4.79 Å². The van der Waals surface area contributed by atoms with E-state index in [0.717, 1.165) is 30.8 Å². The number of hydrogen-bond acceptors (Lipinski definition) is 2. The Kier molecular flexibility index (Phi) is 2.61. The predicted molar refractivity (Wildman–Crippen MR) is 81.4 cm³/mol. The number of likely N-dealkylation sites (tertiary alicyclic amines) is 1. The van der Waals surface area contributed by atoms with Gasteiger partial charge in [0.15, 0.2) is 0 Å². The molecule has 3 heteroatoms. The van der Waals surface area contributed by atoms with E-state index in [4.69, 9.17) is 5.73 Å². The second-order valence-corrected chi connectivity index (χ2v) is 9.07. The fourth-order valence-corrected chi connectivity index (χ4v) is 7.18. The molecule has 0 aromatic rings. The standard InChI is InChI=1S/C18H28N2O/c19-16-2-1-14-9-20(10-15(14)16)17(21)18-6-11-3-12(7-18)5-13(4-11)8-18/h11-16H,1-10,19H2. The van der Waals surface area contributed by atoms with Gasteiger partial charge in [-0.1, -0.05) is 0 Å². The van der Waals surface area contributed by atoms with E-state index in [1.165, 1.54) is 51.4 Å². The fraction of sp³-hybridized carbons (Fsp3) is 0.944. The average Bonchev–Trinajstić information content (AvgIpc) is 2.99. The number of carbonyl (C=O) groups excluding carboxylic acids is 1. The number of fused-ring (bicyclic) bond motifs is 1. The first kappa shape index (κ1) is 12.9. The van der Waals surface area contributed by atoms with Crippen molar-refractivity contribution in [3.8, 4) is 0 Å². The van der Waals surface area contributed by atoms with Crippen LogP contribution < -0.4 is 5.73 Å². The van der Waals surface area contributed by atoms with E-state index in [2.05, 4.69) is 4.90 Å². The highest BCUT2D eigenvalue weighted by Crippen LogP contribution is 2.61. The number of nitrogens with two attached hydrogens (primary N) is 1. The van der Waals surface area contributed by atoms with Crippen molar-refractivity contribution >= 4 is 5.91 Å². The summed E-state index contributed by atoms with van der Waals surface area (Å²) < 4.78 is 0. The number of nitrogens with zero attached hydrogens (tertiary/aromatic N) is 1. The van der Waals surface area contributed by atoms with Gasteiger partial charge >= 0.3 is 0 Å². The van der Waals surface area contributed by atoms with Crippen molar-refractivity contribution in [2.45, 2.75) is 57.4 Å². The lowest BCUT2D eigenvalue weighted by molar-refractivity contribution is -0.156. The van der Waals surface area contributed by atoms with Gasteiger partial charge in [0, 0.05) is 19.1 Å². The van der Waals surface area contributed by atoms with E-state index in [9.17, 15) is 4.79 Å². The zero-order valence-electron chi connectivity index (χ0n) is 13.0. The van der Waals surface area contributed by atoms with Crippen LogP contribution in [0.2, 0.25) is 0 Å². The molecule has 6 rings (SSSR count). The van der Waals surface area contributed by atoms with E-state index >= 15 is 0 Å². The minimum atomic E-state index is 0.0531. The Balaban J connectivity index is 1.37. The zero-order chi connectivity index (χ0) is 14.2. The lowest BCUT2D eigenvalue weighted by Gasteiger charge is -2.56. The Labute approximate surface area is 127 Å². The minimum Gasteiger partial charge on any atom is -0.342 e. The SMILES string of the molecule is NC1CCC2CN(C(=O)C34CC5CC(CC(C5)C3)C4)CC12. The van der Waals surface area contributed by atoms with Gasteiger partial charge in [-0.2, -0.15) is 0 Å². The topological polar surface area (TPSA) is 46.3 Å². The van der Waals surface area contributed by atoms with Crippen LogP contribution in [0.15, 0.2) is 0 Å². The maximum absolute atomic E-state index is 13.3. The summed E-state index contributed by atoms with van der Waals surface area (Å²) in [5.74, 6) is 4.43. The Morgan fingerprint density at radius 2 is 1.57 bits per heavy atom. The third-order valence-corrected chi connectivity index (χ3v) is 7.69. The maximum atomic E-state index is 13.3. The Bertz CT molecular complexity index is 439. The largest absolute Gasteiger partial charge is 0.342 e. The van der Waals surface area contributed by atoms with Crippen molar-refractivity contribution in [1.29, 1.82) is 0 Å². The highest BCUT2D eigenvalue weighted by Gasteiger charge is 2.57. The van der Waals surface area contributed by atoms with Crippen molar-refractivity contribution in [2.75, 3.05) is 13.1 Å². The molecule has 4 bridgehead atoms. The van der Waals surface area contributed by atoms with Crippen molar-refractivity contribution in [3.05, 3.63) is 0 Å². The van der Waals surface area contributed by atoms with E-state index in [-0.39, 0.29) is 5.41 Å². The average molecular weight is 288 g/mol. The van der Waals surface area contributed by atoms with E-state index < -0.39 is 0 Å². The summed E-state index contributed by atoms with van der Waals surface area (Å²) in [5.41, 5.74) is 6.30. The summed E-state index contributed by atoms with van der Waals surface area (Å²) in [4.78, 5) is 15.6. The van der Waals surface area contributed by atoms with Crippen LogP contribution in [-0.2, 0) is 4.79 Å². The molecule has 0 aromatic heterocycles. The molecule has 0 radical (unpaired) electrons. The van der Waals surface area contributed by atoms with Crippen LogP contribution in [0.3, 0.4) is 0 Å². The normalized spacial score (nSPS) is 54.2. The highest BCUT2D eigenvalue weighted by molar-refractivity contribution is 5.83. The number of hydrogen-bond donors (Lipinski definition) is 1. The third kappa shape index (κ3) is 1.79. The first-order valence-corrected chi connectivity index (χ1v) is 9.18. The van der Waals surface area contributed by atoms with E-state index in [1.807, 2.05) is 0 Å². The monoisotopic (exact) mass is 288 g/mol. The molecule has 0 aromatic carbocycles. The zero-order valence-corrected chi connectivity index (χ0v) is 13.0. The lowest BCUT2D eigenvalue weighted by Crippen LogP contribution is -2.54. The number of carbonyl (C=O) groups is 1. The molecule has 1 saturated heterocycles. The summed E-state index contributed by atoms with van der Waals surface area (Å²) >= 11 is 0. The first-order chi connectivity index (χ1) is 10.1. The maximum Gasteiger partial charge on any atom is 0.228 e. The summed E-state index contributed by atoms with van der Waals surface area (Å²) in [6.07, 6.45) is 10.3. The van der Waals surface area contributed by atoms with Gasteiger partial charge in [-0.25, -0.2) is 0 Å². The summed E-state index contributed by atoms with van der Waals surface area (Å²) in [5, 5.41) is 0. The smallest absolute Gasteiger partial charge is 0.228 e. The van der Waals surface area contributed by atoms with Crippen molar-refractivity contribution < 1.29 is 4.79 Å². The Morgan fingerprint density at radius 1 is 0.952 bits per heavy atom. The molecule has 3 atom stereocenters. The van der Waals surface area contributed by atoms with Crippen molar-refractivity contribution in [3.63, 3.8) is 0 Å². The molecule has 3 unspecified atom stereocenters. The van der Waals surface area contributed by atoms with Crippen LogP contribution in [0.25, 0.3) is 0 Å². The Morgan fingerprint density at radius 3 is 2.14 bits per heavy atom. The van der Waals surface area contributed by atoms with Gasteiger partial charge in [0.2, 0.25) is 5.91 Å². The molecule has 116 valence electrons. The van der Waals surface area contributed by atoms with Gasteiger partial charge in [0.25, 0.3) is 0 Å². The molecule has 2 N–H and O–H groups in total. The molecule has 21 heavy (non-hydrogen) atoms. The predicted octanol–water partition coefficient (Wildman–Crippen LogP) is 2.40. The van der Waals surface area contributed by atoms with Gasteiger partial charge in [0.05, 0.1) is 5.41 Å². The molecular formula is C18H28N2O. The fourth-order valence-electron chi connectivity index (χ4n) is 7.18. The second kappa shape index (κ2) is 4.24. The summed E-state index contributed by atoms with van der Waals surface area (Å²) in [6.45, 7) is 1.98. The quantitative estimate of drug-likeness (QED) is 0.805. The molecule has 1 heterocycles. The van der Waals surface area contributed by atoms with Crippen LogP contribution in [0.5, 0.6) is 0 Å². The van der Waals surface area contributed by atoms with Crippen LogP contribution in [0.1, 0.15) is 51.4 Å². The van der Waals surface area contributed by atoms with Crippen LogP contribution in [0, 0.1) is 35.0 Å². The number of rotatable bonds is 1. The molecule has 6 aliphatic rings. The molecular weight excluding hydrogens is 260 g/mol. The molecule has 1 aliphatic heterocycles. The van der Waals surface area contributed by atoms with Crippen molar-refractivity contribution in [2.24, 2.45) is 40.7 Å². The molecule has 0 spiro atoms. The van der Waals surface area contributed by atoms with E-state index in [0.29, 0.717) is 23.8 Å². The third-order valence-electron chi connectivity index (χ3n) is 7.69. The van der Waals surface area contributed by atoms with Crippen molar-refractivity contribution in [1.82, 2.24) is 4.90 Å². The van der Waals surface area contributed by atoms with E-state index in [1.54, 1.807) is 0 Å². The van der Waals surface area contributed by atoms with Gasteiger partial charge < -0.3 is 10.6 Å². The number of amides is 1. The minimum absolute atomic E-state index is 0.0531. The lowest BCUT2D eigenvalue weighted by atomic mass is 9.49. The molecule has 5 aliphatic carbocycles. The van der Waals surface area contributed by atoms with Crippen LogP contribution in [0.4, 0.5) is 0 Å². The van der Waals surface area contributed by atoms with Gasteiger partial charge in [-0.05, 0) is 81.0 Å². The highest BCUT2D eigenvalue weighted by atomic mass is 16.2.